The van der Waals surface area contributed by atoms with E-state index in [1.165, 1.54) is 7.11 Å². The lowest BCUT2D eigenvalue weighted by atomic mass is 10.1. The van der Waals surface area contributed by atoms with E-state index in [0.29, 0.717) is 16.9 Å². The number of anilines is 2. The molecule has 0 saturated carbocycles. The van der Waals surface area contributed by atoms with Crippen LogP contribution >= 0.6 is 0 Å². The van der Waals surface area contributed by atoms with Gasteiger partial charge in [-0.25, -0.2) is 4.79 Å². The molecule has 0 fully saturated rings. The van der Waals surface area contributed by atoms with Gasteiger partial charge in [-0.05, 0) is 12.1 Å². The Balaban J connectivity index is 2.54. The van der Waals surface area contributed by atoms with Crippen LogP contribution < -0.4 is 10.2 Å². The molecule has 1 aliphatic heterocycles. The minimum Gasteiger partial charge on any atom is -0.465 e. The van der Waals surface area contributed by atoms with Gasteiger partial charge in [0.05, 0.1) is 30.6 Å². The summed E-state index contributed by atoms with van der Waals surface area (Å²) in [7, 11) is 3.10. The van der Waals surface area contributed by atoms with Crippen LogP contribution in [0.1, 0.15) is 10.4 Å². The van der Waals surface area contributed by atoms with E-state index in [1.807, 2.05) is 0 Å². The van der Waals surface area contributed by atoms with E-state index in [1.54, 1.807) is 30.1 Å². The number of nitrogens with zero attached hydrogens (tertiary/aromatic N) is 1. The van der Waals surface area contributed by atoms with Gasteiger partial charge in [0.2, 0.25) is 5.91 Å². The van der Waals surface area contributed by atoms with Crippen molar-refractivity contribution in [2.75, 3.05) is 30.9 Å². The summed E-state index contributed by atoms with van der Waals surface area (Å²) in [6, 6.07) is 5.15. The number of methoxy groups -OCH3 is 1. The Kier molecular flexibility index (Phi) is 2.52. The molecule has 0 unspecified atom stereocenters. The zero-order valence-electron chi connectivity index (χ0n) is 9.11. The summed E-state index contributed by atoms with van der Waals surface area (Å²) in [6.45, 7) is 0.237. The third-order valence-electron chi connectivity index (χ3n) is 2.48. The molecule has 0 bridgehead atoms. The third kappa shape index (κ3) is 1.60. The highest BCUT2D eigenvalue weighted by Crippen LogP contribution is 2.32. The fourth-order valence-corrected chi connectivity index (χ4v) is 1.81. The smallest absolute Gasteiger partial charge is 0.340 e. The van der Waals surface area contributed by atoms with Gasteiger partial charge in [-0.3, -0.25) is 4.79 Å². The first kappa shape index (κ1) is 10.5. The number of hydrogen-bond acceptors (Lipinski definition) is 4. The molecule has 1 N–H and O–H groups in total. The first-order chi connectivity index (χ1) is 7.63. The average Bonchev–Trinajstić information content (AvgIpc) is 2.26. The Morgan fingerprint density at radius 2 is 2.25 bits per heavy atom. The summed E-state index contributed by atoms with van der Waals surface area (Å²) < 4.78 is 4.70. The van der Waals surface area contributed by atoms with E-state index in [0.717, 1.165) is 0 Å². The Morgan fingerprint density at radius 3 is 2.94 bits per heavy atom. The number of rotatable bonds is 1. The molecule has 0 saturated heterocycles. The minimum absolute atomic E-state index is 0.0861. The Hall–Kier alpha value is -2.04. The van der Waals surface area contributed by atoms with Crippen molar-refractivity contribution in [3.63, 3.8) is 0 Å². The van der Waals surface area contributed by atoms with Gasteiger partial charge in [-0.2, -0.15) is 0 Å². The number of hydrogen-bond donors (Lipinski definition) is 1. The maximum absolute atomic E-state index is 11.6. The van der Waals surface area contributed by atoms with Crippen LogP contribution in [0.25, 0.3) is 0 Å². The Morgan fingerprint density at radius 1 is 1.50 bits per heavy atom. The molecule has 1 aromatic rings. The van der Waals surface area contributed by atoms with Gasteiger partial charge in [0.25, 0.3) is 0 Å². The van der Waals surface area contributed by atoms with Crippen molar-refractivity contribution in [1.82, 2.24) is 0 Å². The molecule has 0 atom stereocenters. The Bertz CT molecular complexity index is 457. The van der Waals surface area contributed by atoms with E-state index >= 15 is 0 Å². The summed E-state index contributed by atoms with van der Waals surface area (Å²) in [5, 5.41) is 2.72. The summed E-state index contributed by atoms with van der Waals surface area (Å²) in [5.41, 5.74) is 1.80. The van der Waals surface area contributed by atoms with Crippen LogP contribution in [0.2, 0.25) is 0 Å². The van der Waals surface area contributed by atoms with Crippen molar-refractivity contribution < 1.29 is 14.3 Å². The largest absolute Gasteiger partial charge is 0.465 e. The van der Waals surface area contributed by atoms with Crippen molar-refractivity contribution in [3.8, 4) is 0 Å². The number of nitrogens with one attached hydrogen (secondary N) is 1. The van der Waals surface area contributed by atoms with Crippen LogP contribution in [-0.2, 0) is 9.53 Å². The molecule has 0 radical (unpaired) electrons. The number of para-hydroxylation sites is 1. The van der Waals surface area contributed by atoms with Crippen molar-refractivity contribution >= 4 is 23.3 Å². The van der Waals surface area contributed by atoms with E-state index in [4.69, 9.17) is 4.74 Å². The molecule has 2 rings (SSSR count). The van der Waals surface area contributed by atoms with Crippen LogP contribution in [0.4, 0.5) is 11.4 Å². The van der Waals surface area contributed by atoms with Gasteiger partial charge >= 0.3 is 5.97 Å². The van der Waals surface area contributed by atoms with Crippen molar-refractivity contribution in [2.45, 2.75) is 0 Å². The highest BCUT2D eigenvalue weighted by Gasteiger charge is 2.24. The molecular weight excluding hydrogens is 208 g/mol. The highest BCUT2D eigenvalue weighted by molar-refractivity contribution is 6.07. The number of amides is 1. The standard InChI is InChI=1S/C11H12N2O3/c1-13-6-9(14)12-8-5-3-4-7(10(8)13)11(15)16-2/h3-5H,6H2,1-2H3,(H,12,14). The monoisotopic (exact) mass is 220 g/mol. The molecule has 1 amide bonds. The maximum atomic E-state index is 11.6. The molecule has 5 heteroatoms. The second kappa shape index (κ2) is 3.84. The number of ether oxygens (including phenoxy) is 1. The normalized spacial score (nSPS) is 14.1. The van der Waals surface area contributed by atoms with Crippen LogP contribution in [0.3, 0.4) is 0 Å². The number of carbonyl (C=O) groups is 2. The number of fused-ring (bicyclic) bond motifs is 1. The first-order valence-electron chi connectivity index (χ1n) is 4.86. The lowest BCUT2D eigenvalue weighted by Gasteiger charge is -2.28. The van der Waals surface area contributed by atoms with Crippen LogP contribution in [0.5, 0.6) is 0 Å². The molecule has 0 aliphatic carbocycles. The first-order valence-corrected chi connectivity index (χ1v) is 4.86. The second-order valence-corrected chi connectivity index (χ2v) is 3.60. The quantitative estimate of drug-likeness (QED) is 0.713. The minimum atomic E-state index is -0.403. The number of likely N-dealkylation sites (N-methyl/N-ethyl adjacent to an activating group) is 1. The molecule has 16 heavy (non-hydrogen) atoms. The highest BCUT2D eigenvalue weighted by atomic mass is 16.5. The number of carbonyl (C=O) groups excluding carboxylic acids is 2. The van der Waals surface area contributed by atoms with E-state index in [-0.39, 0.29) is 12.5 Å². The van der Waals surface area contributed by atoms with Crippen molar-refractivity contribution in [1.29, 1.82) is 0 Å². The average molecular weight is 220 g/mol. The zero-order chi connectivity index (χ0) is 11.7. The molecule has 84 valence electrons. The molecule has 1 aromatic carbocycles. The van der Waals surface area contributed by atoms with Gasteiger partial charge in [-0.15, -0.1) is 0 Å². The topological polar surface area (TPSA) is 58.6 Å². The molecule has 0 aromatic heterocycles. The van der Waals surface area contributed by atoms with Crippen molar-refractivity contribution in [3.05, 3.63) is 23.8 Å². The van der Waals surface area contributed by atoms with Gasteiger partial charge in [-0.1, -0.05) is 6.07 Å². The zero-order valence-corrected chi connectivity index (χ0v) is 9.11. The summed E-state index contributed by atoms with van der Waals surface area (Å²) in [6.07, 6.45) is 0. The van der Waals surface area contributed by atoms with E-state index < -0.39 is 5.97 Å². The lowest BCUT2D eigenvalue weighted by molar-refractivity contribution is -0.115. The molecule has 1 heterocycles. The maximum Gasteiger partial charge on any atom is 0.340 e. The predicted molar refractivity (Wildman–Crippen MR) is 59.7 cm³/mol. The molecular formula is C11H12N2O3. The second-order valence-electron chi connectivity index (χ2n) is 3.60. The summed E-state index contributed by atoms with van der Waals surface area (Å²) >= 11 is 0. The summed E-state index contributed by atoms with van der Waals surface area (Å²) in [5.74, 6) is -0.489. The van der Waals surface area contributed by atoms with Gasteiger partial charge in [0, 0.05) is 7.05 Å². The summed E-state index contributed by atoms with van der Waals surface area (Å²) in [4.78, 5) is 24.6. The molecule has 0 spiro atoms. The molecule has 1 aliphatic rings. The van der Waals surface area contributed by atoms with Gasteiger partial charge in [0.15, 0.2) is 0 Å². The third-order valence-corrected chi connectivity index (χ3v) is 2.48. The number of benzene rings is 1. The molecule has 5 nitrogen and oxygen atoms in total. The van der Waals surface area contributed by atoms with Crippen LogP contribution in [0, 0.1) is 0 Å². The Labute approximate surface area is 93.0 Å². The van der Waals surface area contributed by atoms with Crippen molar-refractivity contribution in [2.24, 2.45) is 0 Å². The van der Waals surface area contributed by atoms with Gasteiger partial charge in [0.1, 0.15) is 0 Å². The van der Waals surface area contributed by atoms with Crippen LogP contribution in [0.15, 0.2) is 18.2 Å². The SMILES string of the molecule is COC(=O)c1cccc2c1N(C)CC(=O)N2. The lowest BCUT2D eigenvalue weighted by Crippen LogP contribution is -2.36. The fourth-order valence-electron chi connectivity index (χ4n) is 1.81. The van der Waals surface area contributed by atoms with E-state index in [9.17, 15) is 9.59 Å². The van der Waals surface area contributed by atoms with Crippen LogP contribution in [-0.4, -0.2) is 32.6 Å². The predicted octanol–water partition coefficient (Wildman–Crippen LogP) is 0.861. The van der Waals surface area contributed by atoms with E-state index in [2.05, 4.69) is 5.32 Å². The van der Waals surface area contributed by atoms with Gasteiger partial charge < -0.3 is 15.0 Å². The number of esters is 1. The fraction of sp³-hybridized carbons (Fsp3) is 0.273.